The van der Waals surface area contributed by atoms with Crippen LogP contribution in [0.1, 0.15) is 51.5 Å². The number of carbonyl (C=O) groups excluding carboxylic acids is 3. The maximum absolute atomic E-state index is 12.9. The number of aryl methyl sites for hydroxylation is 1. The Morgan fingerprint density at radius 1 is 1.17 bits per heavy atom. The molecule has 1 amide bonds. The minimum atomic E-state index is -0.405. The Labute approximate surface area is 139 Å². The first-order valence-electron chi connectivity index (χ1n) is 7.55. The van der Waals surface area contributed by atoms with E-state index >= 15 is 0 Å². The number of rotatable bonds is 6. The van der Waals surface area contributed by atoms with Crippen LogP contribution in [0.25, 0.3) is 0 Å². The van der Waals surface area contributed by atoms with Crippen molar-refractivity contribution in [3.63, 3.8) is 0 Å². The van der Waals surface area contributed by atoms with Crippen LogP contribution >= 0.6 is 0 Å². The van der Waals surface area contributed by atoms with Crippen LogP contribution in [-0.2, 0) is 7.05 Å². The molecular weight excluding hydrogens is 311 g/mol. The van der Waals surface area contributed by atoms with E-state index in [1.165, 1.54) is 37.3 Å². The smallest absolute Gasteiger partial charge is 0.268 e. The van der Waals surface area contributed by atoms with E-state index in [0.717, 1.165) is 0 Å². The summed E-state index contributed by atoms with van der Waals surface area (Å²) in [5.41, 5.74) is 1.20. The van der Waals surface area contributed by atoms with Gasteiger partial charge in [-0.2, -0.15) is 0 Å². The molecule has 1 heterocycles. The monoisotopic (exact) mass is 330 g/mol. The van der Waals surface area contributed by atoms with Gasteiger partial charge in [-0.15, -0.1) is 0 Å². The molecule has 0 saturated carbocycles. The molecule has 0 fully saturated rings. The Bertz CT molecular complexity index is 778. The summed E-state index contributed by atoms with van der Waals surface area (Å²) in [4.78, 5) is 35.8. The Morgan fingerprint density at radius 2 is 1.79 bits per heavy atom. The third-order valence-electron chi connectivity index (χ3n) is 3.68. The van der Waals surface area contributed by atoms with Gasteiger partial charge in [-0.3, -0.25) is 14.4 Å². The molecule has 0 aliphatic carbocycles. The van der Waals surface area contributed by atoms with Crippen molar-refractivity contribution >= 4 is 17.5 Å². The van der Waals surface area contributed by atoms with Crippen LogP contribution in [0.3, 0.4) is 0 Å². The van der Waals surface area contributed by atoms with Crippen molar-refractivity contribution in [1.82, 2.24) is 9.88 Å². The van der Waals surface area contributed by atoms with Gasteiger partial charge in [0, 0.05) is 36.8 Å². The molecule has 1 atom stereocenters. The van der Waals surface area contributed by atoms with Crippen LogP contribution in [0.5, 0.6) is 0 Å². The van der Waals surface area contributed by atoms with E-state index in [9.17, 15) is 18.8 Å². The number of nitrogens with zero attached hydrogens (tertiary/aromatic N) is 1. The number of ketones is 2. The number of amides is 1. The summed E-state index contributed by atoms with van der Waals surface area (Å²) in [6, 6.07) is 6.41. The number of benzene rings is 1. The Hall–Kier alpha value is -2.76. The van der Waals surface area contributed by atoms with E-state index in [1.807, 2.05) is 0 Å². The van der Waals surface area contributed by atoms with Crippen LogP contribution in [0.4, 0.5) is 4.39 Å². The fraction of sp³-hybridized carbons (Fsp3) is 0.278. The van der Waals surface area contributed by atoms with Gasteiger partial charge < -0.3 is 9.88 Å². The van der Waals surface area contributed by atoms with Crippen molar-refractivity contribution in [2.24, 2.45) is 7.05 Å². The molecule has 1 aromatic heterocycles. The summed E-state index contributed by atoms with van der Waals surface area (Å²) in [6.07, 6.45) is 1.69. The quantitative estimate of drug-likeness (QED) is 0.828. The molecule has 1 aromatic carbocycles. The van der Waals surface area contributed by atoms with E-state index in [4.69, 9.17) is 0 Å². The Kier molecular flexibility index (Phi) is 5.28. The summed E-state index contributed by atoms with van der Waals surface area (Å²) >= 11 is 0. The molecule has 6 heteroatoms. The zero-order valence-corrected chi connectivity index (χ0v) is 13.8. The van der Waals surface area contributed by atoms with Gasteiger partial charge in [0.25, 0.3) is 5.91 Å². The summed E-state index contributed by atoms with van der Waals surface area (Å²) in [7, 11) is 1.68. The maximum atomic E-state index is 12.9. The second kappa shape index (κ2) is 7.21. The molecule has 126 valence electrons. The standard InChI is InChI=1S/C18H19FN2O3/c1-11(8-17(23)13-4-6-15(19)7-5-13)20-18(24)16-9-14(12(2)22)10-21(16)3/h4-7,9-11H,8H2,1-3H3,(H,20,24)/t11-/m1/s1. The molecule has 0 saturated heterocycles. The number of halogens is 1. The SMILES string of the molecule is CC(=O)c1cc(C(=O)N[C@H](C)CC(=O)c2ccc(F)cc2)n(C)c1. The second-order valence-corrected chi connectivity index (χ2v) is 5.79. The van der Waals surface area contributed by atoms with E-state index < -0.39 is 11.9 Å². The molecule has 5 nitrogen and oxygen atoms in total. The lowest BCUT2D eigenvalue weighted by Gasteiger charge is -2.13. The summed E-state index contributed by atoms with van der Waals surface area (Å²) in [5.74, 6) is -1.06. The van der Waals surface area contributed by atoms with Gasteiger partial charge in [-0.1, -0.05) is 0 Å². The van der Waals surface area contributed by atoms with E-state index in [0.29, 0.717) is 16.8 Å². The van der Waals surface area contributed by atoms with Crippen LogP contribution in [-0.4, -0.2) is 28.1 Å². The van der Waals surface area contributed by atoms with Crippen LogP contribution < -0.4 is 5.32 Å². The molecule has 24 heavy (non-hydrogen) atoms. The minimum absolute atomic E-state index is 0.0986. The summed E-state index contributed by atoms with van der Waals surface area (Å²) in [6.45, 7) is 3.15. The van der Waals surface area contributed by atoms with Crippen molar-refractivity contribution in [3.8, 4) is 0 Å². The molecule has 0 aliphatic rings. The zero-order chi connectivity index (χ0) is 17.9. The van der Waals surface area contributed by atoms with Gasteiger partial charge in [0.05, 0.1) is 0 Å². The first-order valence-corrected chi connectivity index (χ1v) is 7.55. The molecule has 1 N–H and O–H groups in total. The van der Waals surface area contributed by atoms with Gasteiger partial charge in [-0.25, -0.2) is 4.39 Å². The van der Waals surface area contributed by atoms with Crippen molar-refractivity contribution in [1.29, 1.82) is 0 Å². The highest BCUT2D eigenvalue weighted by molar-refractivity contribution is 6.00. The van der Waals surface area contributed by atoms with Gasteiger partial charge in [0.15, 0.2) is 11.6 Å². The molecule has 0 aliphatic heterocycles. The topological polar surface area (TPSA) is 68.2 Å². The van der Waals surface area contributed by atoms with Crippen molar-refractivity contribution in [2.75, 3.05) is 0 Å². The van der Waals surface area contributed by atoms with E-state index in [1.54, 1.807) is 24.7 Å². The lowest BCUT2D eigenvalue weighted by Crippen LogP contribution is -2.35. The molecule has 0 bridgehead atoms. The van der Waals surface area contributed by atoms with Crippen molar-refractivity contribution < 1.29 is 18.8 Å². The zero-order valence-electron chi connectivity index (χ0n) is 13.8. The molecule has 0 spiro atoms. The van der Waals surface area contributed by atoms with Gasteiger partial charge >= 0.3 is 0 Å². The van der Waals surface area contributed by atoms with Crippen molar-refractivity contribution in [3.05, 3.63) is 59.2 Å². The van der Waals surface area contributed by atoms with E-state index in [2.05, 4.69) is 5.32 Å². The number of Topliss-reactive ketones (excluding diaryl/α,β-unsaturated/α-hetero) is 2. The predicted molar refractivity (Wildman–Crippen MR) is 87.7 cm³/mol. The lowest BCUT2D eigenvalue weighted by atomic mass is 10.0. The molecule has 2 aromatic rings. The number of nitrogens with one attached hydrogen (secondary N) is 1. The first kappa shape index (κ1) is 17.6. The number of hydrogen-bond donors (Lipinski definition) is 1. The lowest BCUT2D eigenvalue weighted by molar-refractivity contribution is 0.0911. The summed E-state index contributed by atoms with van der Waals surface area (Å²) in [5, 5.41) is 2.74. The number of hydrogen-bond acceptors (Lipinski definition) is 3. The highest BCUT2D eigenvalue weighted by Crippen LogP contribution is 2.10. The molecule has 0 radical (unpaired) electrons. The number of aromatic nitrogens is 1. The number of carbonyl (C=O) groups is 3. The normalized spacial score (nSPS) is 11.8. The first-order chi connectivity index (χ1) is 11.3. The maximum Gasteiger partial charge on any atom is 0.268 e. The third-order valence-corrected chi connectivity index (χ3v) is 3.68. The predicted octanol–water partition coefficient (Wildman–Crippen LogP) is 2.76. The molecular formula is C18H19FN2O3. The summed E-state index contributed by atoms with van der Waals surface area (Å²) < 4.78 is 14.4. The van der Waals surface area contributed by atoms with Crippen LogP contribution in [0, 0.1) is 5.82 Å². The Balaban J connectivity index is 2.00. The van der Waals surface area contributed by atoms with Gasteiger partial charge in [0.2, 0.25) is 0 Å². The molecule has 0 unspecified atom stereocenters. The molecule has 2 rings (SSSR count). The Morgan fingerprint density at radius 3 is 2.33 bits per heavy atom. The van der Waals surface area contributed by atoms with Crippen molar-refractivity contribution in [2.45, 2.75) is 26.3 Å². The largest absolute Gasteiger partial charge is 0.348 e. The van der Waals surface area contributed by atoms with E-state index in [-0.39, 0.29) is 23.9 Å². The third kappa shape index (κ3) is 4.16. The second-order valence-electron chi connectivity index (χ2n) is 5.79. The highest BCUT2D eigenvalue weighted by Gasteiger charge is 2.18. The highest BCUT2D eigenvalue weighted by atomic mass is 19.1. The minimum Gasteiger partial charge on any atom is -0.348 e. The van der Waals surface area contributed by atoms with Crippen LogP contribution in [0.15, 0.2) is 36.5 Å². The fourth-order valence-electron chi connectivity index (χ4n) is 2.36. The average molecular weight is 330 g/mol. The van der Waals surface area contributed by atoms with Gasteiger partial charge in [0.1, 0.15) is 11.5 Å². The fourth-order valence-corrected chi connectivity index (χ4v) is 2.36. The average Bonchev–Trinajstić information content (AvgIpc) is 2.90. The van der Waals surface area contributed by atoms with Gasteiger partial charge in [-0.05, 0) is 44.2 Å². The van der Waals surface area contributed by atoms with Crippen LogP contribution in [0.2, 0.25) is 0 Å².